The molecule has 0 aliphatic carbocycles. The summed E-state index contributed by atoms with van der Waals surface area (Å²) >= 11 is 0. The van der Waals surface area contributed by atoms with Crippen LogP contribution < -0.4 is 5.32 Å². The first kappa shape index (κ1) is 18.7. The van der Waals surface area contributed by atoms with Crippen LogP contribution in [0.15, 0.2) is 60.8 Å². The lowest BCUT2D eigenvalue weighted by Crippen LogP contribution is -2.31. The highest BCUT2D eigenvalue weighted by Crippen LogP contribution is 2.20. The quantitative estimate of drug-likeness (QED) is 0.600. The van der Waals surface area contributed by atoms with Crippen molar-refractivity contribution in [2.24, 2.45) is 0 Å². The van der Waals surface area contributed by atoms with Crippen LogP contribution in [-0.4, -0.2) is 30.0 Å². The van der Waals surface area contributed by atoms with Gasteiger partial charge in [-0.1, -0.05) is 55.5 Å². The number of aromatic nitrogens is 1. The largest absolute Gasteiger partial charge is 0.455 e. The summed E-state index contributed by atoms with van der Waals surface area (Å²) in [6.07, 6.45) is 3.30. The lowest BCUT2D eigenvalue weighted by molar-refractivity contribution is -0.150. The molecule has 3 aromatic rings. The van der Waals surface area contributed by atoms with E-state index in [1.807, 2.05) is 61.7 Å². The number of nitrogens with one attached hydrogen (secondary N) is 2. The molecule has 1 heterocycles. The maximum Gasteiger partial charge on any atom is 0.313 e. The van der Waals surface area contributed by atoms with Crippen LogP contribution in [0.25, 0.3) is 10.9 Å². The van der Waals surface area contributed by atoms with Gasteiger partial charge < -0.3 is 15.0 Å². The second-order valence-electron chi connectivity index (χ2n) is 6.44. The molecule has 0 aliphatic rings. The van der Waals surface area contributed by atoms with Gasteiger partial charge in [0.05, 0.1) is 5.92 Å². The van der Waals surface area contributed by atoms with E-state index in [-0.39, 0.29) is 24.4 Å². The average Bonchev–Trinajstić information content (AvgIpc) is 3.11. The third kappa shape index (κ3) is 4.76. The summed E-state index contributed by atoms with van der Waals surface area (Å²) in [5.74, 6) is -0.994. The Balaban J connectivity index is 1.44. The van der Waals surface area contributed by atoms with Crippen molar-refractivity contribution in [1.82, 2.24) is 10.3 Å². The number of amides is 1. The molecular formula is C22H24N2O3. The molecule has 0 bridgehead atoms. The second-order valence-corrected chi connectivity index (χ2v) is 6.44. The Kier molecular flexibility index (Phi) is 6.26. The molecule has 1 atom stereocenters. The Labute approximate surface area is 158 Å². The van der Waals surface area contributed by atoms with Crippen molar-refractivity contribution in [3.63, 3.8) is 0 Å². The van der Waals surface area contributed by atoms with E-state index in [9.17, 15) is 9.59 Å². The average molecular weight is 364 g/mol. The molecule has 27 heavy (non-hydrogen) atoms. The number of aromatic amines is 1. The van der Waals surface area contributed by atoms with Crippen molar-refractivity contribution in [3.05, 3.63) is 71.9 Å². The minimum atomic E-state index is -0.365. The molecule has 0 fully saturated rings. The fourth-order valence-electron chi connectivity index (χ4n) is 3.19. The van der Waals surface area contributed by atoms with E-state index < -0.39 is 0 Å². The van der Waals surface area contributed by atoms with Crippen molar-refractivity contribution in [2.45, 2.75) is 25.7 Å². The van der Waals surface area contributed by atoms with Gasteiger partial charge in [0, 0.05) is 23.6 Å². The van der Waals surface area contributed by atoms with Gasteiger partial charge in [-0.25, -0.2) is 0 Å². The highest BCUT2D eigenvalue weighted by Gasteiger charge is 2.20. The third-order valence-electron chi connectivity index (χ3n) is 4.63. The number of ether oxygens (including phenoxy) is 1. The molecule has 3 rings (SSSR count). The molecule has 0 aliphatic heterocycles. The van der Waals surface area contributed by atoms with Gasteiger partial charge in [-0.2, -0.15) is 0 Å². The van der Waals surface area contributed by atoms with Crippen LogP contribution >= 0.6 is 0 Å². The van der Waals surface area contributed by atoms with E-state index in [2.05, 4.69) is 16.4 Å². The summed E-state index contributed by atoms with van der Waals surface area (Å²) in [6.45, 7) is 2.17. The number of carbonyl (C=O) groups excluding carboxylic acids is 2. The normalized spacial score (nSPS) is 11.9. The molecule has 0 saturated carbocycles. The summed E-state index contributed by atoms with van der Waals surface area (Å²) in [5, 5.41) is 3.97. The van der Waals surface area contributed by atoms with Crippen molar-refractivity contribution in [3.8, 4) is 0 Å². The third-order valence-corrected chi connectivity index (χ3v) is 4.63. The number of para-hydroxylation sites is 1. The van der Waals surface area contributed by atoms with Crippen molar-refractivity contribution >= 4 is 22.8 Å². The predicted octanol–water partition coefficient (Wildman–Crippen LogP) is 3.56. The Morgan fingerprint density at radius 1 is 1.07 bits per heavy atom. The van der Waals surface area contributed by atoms with Crippen molar-refractivity contribution in [1.29, 1.82) is 0 Å². The Bertz CT molecular complexity index is 902. The number of hydrogen-bond acceptors (Lipinski definition) is 3. The van der Waals surface area contributed by atoms with Crippen LogP contribution in [0.4, 0.5) is 0 Å². The first-order chi connectivity index (χ1) is 13.2. The van der Waals surface area contributed by atoms with E-state index in [4.69, 9.17) is 4.74 Å². The standard InChI is InChI=1S/C22H24N2O3/c1-2-18(16-8-4-3-5-9-16)22(26)27-15-21(25)23-13-12-17-14-24-20-11-7-6-10-19(17)20/h3-11,14,18,24H,2,12-13,15H2,1H3,(H,23,25)/t18-/m0/s1. The topological polar surface area (TPSA) is 71.2 Å². The van der Waals surface area contributed by atoms with Crippen LogP contribution in [0.1, 0.15) is 30.4 Å². The van der Waals surface area contributed by atoms with E-state index >= 15 is 0 Å². The fraction of sp³-hybridized carbons (Fsp3) is 0.273. The minimum absolute atomic E-state index is 0.254. The van der Waals surface area contributed by atoms with Crippen molar-refractivity contribution < 1.29 is 14.3 Å². The van der Waals surface area contributed by atoms with Crippen LogP contribution in [0, 0.1) is 0 Å². The Morgan fingerprint density at radius 2 is 1.81 bits per heavy atom. The minimum Gasteiger partial charge on any atom is -0.455 e. The molecule has 0 unspecified atom stereocenters. The predicted molar refractivity (Wildman–Crippen MR) is 105 cm³/mol. The summed E-state index contributed by atoms with van der Waals surface area (Å²) < 4.78 is 5.21. The van der Waals surface area contributed by atoms with Gasteiger partial charge >= 0.3 is 5.97 Å². The van der Waals surface area contributed by atoms with Gasteiger partial charge in [-0.05, 0) is 30.0 Å². The van der Waals surface area contributed by atoms with Gasteiger partial charge in [0.2, 0.25) is 0 Å². The Hall–Kier alpha value is -3.08. The van der Waals surface area contributed by atoms with Gasteiger partial charge in [0.15, 0.2) is 6.61 Å². The lowest BCUT2D eigenvalue weighted by Gasteiger charge is -2.14. The molecule has 2 N–H and O–H groups in total. The smallest absolute Gasteiger partial charge is 0.313 e. The monoisotopic (exact) mass is 364 g/mol. The number of carbonyl (C=O) groups is 2. The molecule has 0 spiro atoms. The van der Waals surface area contributed by atoms with E-state index in [1.54, 1.807) is 0 Å². The summed E-state index contributed by atoms with van der Waals surface area (Å²) in [4.78, 5) is 27.5. The van der Waals surface area contributed by atoms with Crippen molar-refractivity contribution in [2.75, 3.05) is 13.2 Å². The van der Waals surface area contributed by atoms with Crippen LogP contribution in [0.2, 0.25) is 0 Å². The van der Waals surface area contributed by atoms with E-state index in [0.717, 1.165) is 22.0 Å². The molecular weight excluding hydrogens is 340 g/mol. The molecule has 0 saturated heterocycles. The SMILES string of the molecule is CC[C@H](C(=O)OCC(=O)NCCc1c[nH]c2ccccc12)c1ccccc1. The van der Waals surface area contributed by atoms with Gasteiger partial charge in [-0.15, -0.1) is 0 Å². The number of rotatable bonds is 8. The number of H-pyrrole nitrogens is 1. The summed E-state index contributed by atoms with van der Waals surface area (Å²) in [6, 6.07) is 17.5. The lowest BCUT2D eigenvalue weighted by atomic mass is 9.97. The molecule has 2 aromatic carbocycles. The van der Waals surface area contributed by atoms with Crippen LogP contribution in [-0.2, 0) is 20.7 Å². The van der Waals surface area contributed by atoms with Gasteiger partial charge in [0.25, 0.3) is 5.91 Å². The van der Waals surface area contributed by atoms with E-state index in [0.29, 0.717) is 19.4 Å². The molecule has 140 valence electrons. The highest BCUT2D eigenvalue weighted by atomic mass is 16.5. The molecule has 5 heteroatoms. The first-order valence-corrected chi connectivity index (χ1v) is 9.22. The maximum absolute atomic E-state index is 12.3. The zero-order valence-corrected chi connectivity index (χ0v) is 15.4. The van der Waals surface area contributed by atoms with Gasteiger partial charge in [-0.3, -0.25) is 9.59 Å². The highest BCUT2D eigenvalue weighted by molar-refractivity contribution is 5.84. The molecule has 0 radical (unpaired) electrons. The summed E-state index contributed by atoms with van der Waals surface area (Å²) in [7, 11) is 0. The van der Waals surface area contributed by atoms with Crippen LogP contribution in [0.3, 0.4) is 0 Å². The maximum atomic E-state index is 12.3. The zero-order chi connectivity index (χ0) is 19.1. The number of benzene rings is 2. The van der Waals surface area contributed by atoms with E-state index in [1.165, 1.54) is 0 Å². The summed E-state index contributed by atoms with van der Waals surface area (Å²) in [5.41, 5.74) is 3.14. The molecule has 1 amide bonds. The zero-order valence-electron chi connectivity index (χ0n) is 15.4. The molecule has 5 nitrogen and oxygen atoms in total. The second kappa shape index (κ2) is 9.03. The Morgan fingerprint density at radius 3 is 2.59 bits per heavy atom. The first-order valence-electron chi connectivity index (χ1n) is 9.22. The van der Waals surface area contributed by atoms with Gasteiger partial charge in [0.1, 0.15) is 0 Å². The van der Waals surface area contributed by atoms with Crippen LogP contribution in [0.5, 0.6) is 0 Å². The number of hydrogen-bond donors (Lipinski definition) is 2. The number of esters is 1. The fourth-order valence-corrected chi connectivity index (χ4v) is 3.19. The molecule has 1 aromatic heterocycles. The number of fused-ring (bicyclic) bond motifs is 1.